The molecule has 0 spiro atoms. The Balaban J connectivity index is 4.03. The van der Waals surface area contributed by atoms with Crippen molar-refractivity contribution in [3.8, 4) is 0 Å². The van der Waals surface area contributed by atoms with Crippen molar-refractivity contribution in [1.29, 1.82) is 0 Å². The minimum absolute atomic E-state index is 0.0993. The maximum Gasteiger partial charge on any atom is 0.251 e. The summed E-state index contributed by atoms with van der Waals surface area (Å²) < 4.78 is 24.4. The maximum absolute atomic E-state index is 12.2. The standard InChI is InChI=1S/C9H18BrF2N/c1-3-8(4-2)13(6-5-10)7-9(11)12/h8-9H,3-7H2,1-2H3. The summed E-state index contributed by atoms with van der Waals surface area (Å²) >= 11 is 3.28. The quantitative estimate of drug-likeness (QED) is 0.634. The maximum atomic E-state index is 12.2. The van der Waals surface area contributed by atoms with Gasteiger partial charge < -0.3 is 0 Å². The summed E-state index contributed by atoms with van der Waals surface area (Å²) in [5.74, 6) is 0. The number of nitrogens with zero attached hydrogens (tertiary/aromatic N) is 1. The molecule has 0 N–H and O–H groups in total. The molecule has 0 atom stereocenters. The van der Waals surface area contributed by atoms with Crippen LogP contribution < -0.4 is 0 Å². The molecule has 0 rings (SSSR count). The van der Waals surface area contributed by atoms with Gasteiger partial charge in [0.25, 0.3) is 6.43 Å². The molecule has 0 radical (unpaired) electrons. The first-order valence-corrected chi connectivity index (χ1v) is 5.85. The molecule has 0 saturated carbocycles. The average Bonchev–Trinajstić information content (AvgIpc) is 2.05. The second kappa shape index (κ2) is 7.68. The van der Waals surface area contributed by atoms with E-state index in [0.717, 1.165) is 18.2 Å². The zero-order valence-electron chi connectivity index (χ0n) is 8.27. The highest BCUT2D eigenvalue weighted by molar-refractivity contribution is 9.09. The van der Waals surface area contributed by atoms with Crippen molar-refractivity contribution in [2.24, 2.45) is 0 Å². The summed E-state index contributed by atoms with van der Waals surface area (Å²) in [6, 6.07) is 0.298. The van der Waals surface area contributed by atoms with Crippen LogP contribution in [-0.4, -0.2) is 35.8 Å². The van der Waals surface area contributed by atoms with Crippen LogP contribution in [0.5, 0.6) is 0 Å². The summed E-state index contributed by atoms with van der Waals surface area (Å²) in [4.78, 5) is 1.86. The van der Waals surface area contributed by atoms with Crippen molar-refractivity contribution in [3.05, 3.63) is 0 Å². The van der Waals surface area contributed by atoms with Gasteiger partial charge in [-0.05, 0) is 12.8 Å². The molecule has 0 unspecified atom stereocenters. The monoisotopic (exact) mass is 257 g/mol. The van der Waals surface area contributed by atoms with Gasteiger partial charge in [0, 0.05) is 17.9 Å². The van der Waals surface area contributed by atoms with Crippen LogP contribution in [0.25, 0.3) is 0 Å². The molecule has 0 amide bonds. The topological polar surface area (TPSA) is 3.24 Å². The summed E-state index contributed by atoms with van der Waals surface area (Å²) in [6.07, 6.45) is -0.341. The van der Waals surface area contributed by atoms with E-state index in [2.05, 4.69) is 15.9 Å². The van der Waals surface area contributed by atoms with Gasteiger partial charge in [0.05, 0.1) is 6.54 Å². The fraction of sp³-hybridized carbons (Fsp3) is 1.00. The second-order valence-corrected chi connectivity index (χ2v) is 3.84. The Kier molecular flexibility index (Phi) is 7.86. The fourth-order valence-corrected chi connectivity index (χ4v) is 1.97. The van der Waals surface area contributed by atoms with Crippen LogP contribution in [-0.2, 0) is 0 Å². The summed E-state index contributed by atoms with van der Waals surface area (Å²) in [6.45, 7) is 4.69. The lowest BCUT2D eigenvalue weighted by Gasteiger charge is -2.29. The van der Waals surface area contributed by atoms with Gasteiger partial charge in [0.15, 0.2) is 0 Å². The predicted molar refractivity (Wildman–Crippen MR) is 55.7 cm³/mol. The Morgan fingerprint density at radius 2 is 1.77 bits per heavy atom. The lowest BCUT2D eigenvalue weighted by molar-refractivity contribution is 0.0670. The van der Waals surface area contributed by atoms with Crippen LogP contribution in [0.2, 0.25) is 0 Å². The molecular formula is C9H18BrF2N. The van der Waals surface area contributed by atoms with Crippen LogP contribution in [0.15, 0.2) is 0 Å². The van der Waals surface area contributed by atoms with Crippen molar-refractivity contribution < 1.29 is 8.78 Å². The Hall–Kier alpha value is 0.300. The number of hydrogen-bond acceptors (Lipinski definition) is 1. The molecule has 0 aliphatic heterocycles. The zero-order chi connectivity index (χ0) is 10.3. The first-order chi connectivity index (χ1) is 6.15. The Morgan fingerprint density at radius 1 is 1.23 bits per heavy atom. The first-order valence-electron chi connectivity index (χ1n) is 4.73. The highest BCUT2D eigenvalue weighted by Crippen LogP contribution is 2.11. The summed E-state index contributed by atoms with van der Waals surface area (Å²) in [5.41, 5.74) is 0. The minimum Gasteiger partial charge on any atom is -0.294 e. The van der Waals surface area contributed by atoms with Crippen molar-refractivity contribution >= 4 is 15.9 Å². The molecular weight excluding hydrogens is 240 g/mol. The molecule has 80 valence electrons. The molecule has 1 nitrogen and oxygen atoms in total. The van der Waals surface area contributed by atoms with Crippen molar-refractivity contribution in [2.45, 2.75) is 39.2 Å². The van der Waals surface area contributed by atoms with Gasteiger partial charge >= 0.3 is 0 Å². The van der Waals surface area contributed by atoms with E-state index in [1.807, 2.05) is 18.7 Å². The molecule has 0 aromatic heterocycles. The Morgan fingerprint density at radius 3 is 2.08 bits per heavy atom. The van der Waals surface area contributed by atoms with E-state index in [1.54, 1.807) is 0 Å². The largest absolute Gasteiger partial charge is 0.294 e. The van der Waals surface area contributed by atoms with Crippen molar-refractivity contribution in [1.82, 2.24) is 4.90 Å². The molecule has 0 saturated heterocycles. The van der Waals surface area contributed by atoms with Gasteiger partial charge in [-0.2, -0.15) is 0 Å². The fourth-order valence-electron chi connectivity index (χ4n) is 1.51. The summed E-state index contributed by atoms with van der Waals surface area (Å²) in [7, 11) is 0. The van der Waals surface area contributed by atoms with E-state index in [9.17, 15) is 8.78 Å². The third-order valence-electron chi connectivity index (χ3n) is 2.20. The number of halogens is 3. The zero-order valence-corrected chi connectivity index (χ0v) is 9.86. The number of hydrogen-bond donors (Lipinski definition) is 0. The van der Waals surface area contributed by atoms with Crippen LogP contribution in [0, 0.1) is 0 Å². The highest BCUT2D eigenvalue weighted by atomic mass is 79.9. The normalized spacial score (nSPS) is 12.0. The van der Waals surface area contributed by atoms with Gasteiger partial charge in [-0.25, -0.2) is 8.78 Å². The van der Waals surface area contributed by atoms with E-state index in [1.165, 1.54) is 0 Å². The smallest absolute Gasteiger partial charge is 0.251 e. The molecule has 0 aliphatic rings. The van der Waals surface area contributed by atoms with Gasteiger partial charge in [-0.1, -0.05) is 29.8 Å². The van der Waals surface area contributed by atoms with Gasteiger partial charge in [0.1, 0.15) is 0 Å². The molecule has 0 fully saturated rings. The third kappa shape index (κ3) is 5.57. The summed E-state index contributed by atoms with van der Waals surface area (Å²) in [5, 5.41) is 0.760. The average molecular weight is 258 g/mol. The molecule has 0 heterocycles. The third-order valence-corrected chi connectivity index (χ3v) is 2.56. The van der Waals surface area contributed by atoms with E-state index in [4.69, 9.17) is 0 Å². The predicted octanol–water partition coefficient (Wildman–Crippen LogP) is 3.14. The molecule has 0 aliphatic carbocycles. The van der Waals surface area contributed by atoms with E-state index in [0.29, 0.717) is 12.6 Å². The van der Waals surface area contributed by atoms with E-state index >= 15 is 0 Å². The number of rotatable bonds is 7. The van der Waals surface area contributed by atoms with Gasteiger partial charge in [-0.15, -0.1) is 0 Å². The molecule has 0 aromatic rings. The van der Waals surface area contributed by atoms with Crippen LogP contribution in [0.1, 0.15) is 26.7 Å². The molecule has 0 aromatic carbocycles. The molecule has 13 heavy (non-hydrogen) atoms. The Bertz CT molecular complexity index is 118. The SMILES string of the molecule is CCC(CC)N(CCBr)CC(F)F. The number of alkyl halides is 3. The Labute approximate surface area is 87.6 Å². The first kappa shape index (κ1) is 13.3. The lowest BCUT2D eigenvalue weighted by Crippen LogP contribution is -2.39. The van der Waals surface area contributed by atoms with Gasteiger partial charge in [0.2, 0.25) is 0 Å². The lowest BCUT2D eigenvalue weighted by atomic mass is 10.1. The minimum atomic E-state index is -2.22. The second-order valence-electron chi connectivity index (χ2n) is 3.05. The molecule has 4 heteroatoms. The van der Waals surface area contributed by atoms with E-state index in [-0.39, 0.29) is 6.54 Å². The van der Waals surface area contributed by atoms with Crippen LogP contribution >= 0.6 is 15.9 Å². The van der Waals surface area contributed by atoms with E-state index < -0.39 is 6.43 Å². The van der Waals surface area contributed by atoms with Crippen LogP contribution in [0.3, 0.4) is 0 Å². The van der Waals surface area contributed by atoms with Crippen molar-refractivity contribution in [3.63, 3.8) is 0 Å². The van der Waals surface area contributed by atoms with Gasteiger partial charge in [-0.3, -0.25) is 4.90 Å². The van der Waals surface area contributed by atoms with Crippen LogP contribution in [0.4, 0.5) is 8.78 Å². The molecule has 0 bridgehead atoms. The van der Waals surface area contributed by atoms with Crippen molar-refractivity contribution in [2.75, 3.05) is 18.4 Å². The highest BCUT2D eigenvalue weighted by Gasteiger charge is 2.17.